The number of hydrogen-bond donors (Lipinski definition) is 1. The van der Waals surface area contributed by atoms with E-state index in [9.17, 15) is 0 Å². The third-order valence-electron chi connectivity index (χ3n) is 3.74. The summed E-state index contributed by atoms with van der Waals surface area (Å²) in [4.78, 5) is 4.37. The first-order valence-electron chi connectivity index (χ1n) is 5.04. The molecule has 3 rings (SSSR count). The number of nitrogens with zero attached hydrogens (tertiary/aromatic N) is 1. The van der Waals surface area contributed by atoms with Crippen molar-refractivity contribution in [3.63, 3.8) is 0 Å². The standard InChI is InChI=1S/C11H14N2/c12-11(8-4-3-5-9(8)11)10-6-1-2-7-13-10/h1-2,6-9H,3-5,12H2. The molecule has 1 heterocycles. The van der Waals surface area contributed by atoms with Gasteiger partial charge in [0.05, 0.1) is 11.2 Å². The average molecular weight is 174 g/mol. The van der Waals surface area contributed by atoms with E-state index in [2.05, 4.69) is 11.1 Å². The van der Waals surface area contributed by atoms with Crippen molar-refractivity contribution in [1.29, 1.82) is 0 Å². The Morgan fingerprint density at radius 1 is 1.31 bits per heavy atom. The van der Waals surface area contributed by atoms with Crippen LogP contribution in [0.4, 0.5) is 0 Å². The summed E-state index contributed by atoms with van der Waals surface area (Å²) in [6.45, 7) is 0. The zero-order valence-corrected chi connectivity index (χ0v) is 7.61. The van der Waals surface area contributed by atoms with Crippen LogP contribution in [0.1, 0.15) is 25.0 Å². The topological polar surface area (TPSA) is 38.9 Å². The molecule has 68 valence electrons. The summed E-state index contributed by atoms with van der Waals surface area (Å²) in [7, 11) is 0. The first kappa shape index (κ1) is 7.51. The molecule has 0 aromatic carbocycles. The molecule has 13 heavy (non-hydrogen) atoms. The fourth-order valence-corrected chi connectivity index (χ4v) is 3.00. The van der Waals surface area contributed by atoms with Gasteiger partial charge in [0.1, 0.15) is 0 Å². The number of fused-ring (bicyclic) bond motifs is 1. The fraction of sp³-hybridized carbons (Fsp3) is 0.545. The molecule has 1 aromatic rings. The fourth-order valence-electron chi connectivity index (χ4n) is 3.00. The lowest BCUT2D eigenvalue weighted by Crippen LogP contribution is -2.26. The normalized spacial score (nSPS) is 41.6. The van der Waals surface area contributed by atoms with E-state index in [0.717, 1.165) is 17.5 Å². The monoisotopic (exact) mass is 174 g/mol. The summed E-state index contributed by atoms with van der Waals surface area (Å²) in [5, 5.41) is 0. The maximum atomic E-state index is 6.35. The molecule has 0 amide bonds. The molecule has 2 saturated carbocycles. The zero-order chi connectivity index (χ0) is 8.89. The Balaban J connectivity index is 1.95. The Morgan fingerprint density at radius 3 is 2.69 bits per heavy atom. The van der Waals surface area contributed by atoms with Crippen LogP contribution in [0.3, 0.4) is 0 Å². The molecule has 2 fully saturated rings. The molecule has 0 bridgehead atoms. The van der Waals surface area contributed by atoms with Gasteiger partial charge in [0.25, 0.3) is 0 Å². The lowest BCUT2D eigenvalue weighted by molar-refractivity contribution is 0.514. The quantitative estimate of drug-likeness (QED) is 0.703. The summed E-state index contributed by atoms with van der Waals surface area (Å²) < 4.78 is 0. The van der Waals surface area contributed by atoms with E-state index in [1.54, 1.807) is 0 Å². The number of rotatable bonds is 1. The Morgan fingerprint density at radius 2 is 2.08 bits per heavy atom. The van der Waals surface area contributed by atoms with Gasteiger partial charge in [0.2, 0.25) is 0 Å². The van der Waals surface area contributed by atoms with Crippen LogP contribution in [0, 0.1) is 11.8 Å². The lowest BCUT2D eigenvalue weighted by atomic mass is 10.0. The molecule has 0 saturated heterocycles. The van der Waals surface area contributed by atoms with E-state index in [-0.39, 0.29) is 5.54 Å². The average Bonchev–Trinajstić information content (AvgIpc) is 2.62. The predicted octanol–water partition coefficient (Wildman–Crippen LogP) is 1.67. The Kier molecular flexibility index (Phi) is 1.34. The Bertz CT molecular complexity index is 310. The lowest BCUT2D eigenvalue weighted by Gasteiger charge is -2.13. The van der Waals surface area contributed by atoms with Gasteiger partial charge in [-0.15, -0.1) is 0 Å². The molecule has 0 radical (unpaired) electrons. The van der Waals surface area contributed by atoms with E-state index < -0.39 is 0 Å². The highest BCUT2D eigenvalue weighted by Crippen LogP contribution is 2.63. The van der Waals surface area contributed by atoms with Gasteiger partial charge in [0, 0.05) is 6.20 Å². The van der Waals surface area contributed by atoms with Crippen molar-refractivity contribution in [2.45, 2.75) is 24.8 Å². The van der Waals surface area contributed by atoms with E-state index in [1.165, 1.54) is 19.3 Å². The van der Waals surface area contributed by atoms with E-state index in [1.807, 2.05) is 18.3 Å². The number of aromatic nitrogens is 1. The number of hydrogen-bond acceptors (Lipinski definition) is 2. The van der Waals surface area contributed by atoms with E-state index in [0.29, 0.717) is 0 Å². The Hall–Kier alpha value is -0.890. The molecule has 2 aliphatic rings. The highest BCUT2D eigenvalue weighted by Gasteiger charge is 2.65. The van der Waals surface area contributed by atoms with Crippen LogP contribution < -0.4 is 5.73 Å². The SMILES string of the molecule is NC1(c2ccccn2)C2CCCC21. The smallest absolute Gasteiger partial charge is 0.0647 e. The minimum atomic E-state index is -0.0560. The summed E-state index contributed by atoms with van der Waals surface area (Å²) in [6, 6.07) is 6.05. The van der Waals surface area contributed by atoms with Crippen molar-refractivity contribution >= 4 is 0 Å². The van der Waals surface area contributed by atoms with Gasteiger partial charge in [-0.1, -0.05) is 12.5 Å². The summed E-state index contributed by atoms with van der Waals surface area (Å²) in [5.74, 6) is 1.45. The molecule has 0 aliphatic heterocycles. The molecule has 2 nitrogen and oxygen atoms in total. The third-order valence-corrected chi connectivity index (χ3v) is 3.74. The van der Waals surface area contributed by atoms with Gasteiger partial charge in [-0.3, -0.25) is 4.98 Å². The van der Waals surface area contributed by atoms with Crippen LogP contribution in [0.2, 0.25) is 0 Å². The molecule has 2 unspecified atom stereocenters. The first-order valence-corrected chi connectivity index (χ1v) is 5.04. The summed E-state index contributed by atoms with van der Waals surface area (Å²) in [5.41, 5.74) is 7.40. The molecule has 2 heteroatoms. The van der Waals surface area contributed by atoms with Crippen LogP contribution >= 0.6 is 0 Å². The molecule has 2 aliphatic carbocycles. The van der Waals surface area contributed by atoms with Crippen LogP contribution in [-0.2, 0) is 5.54 Å². The van der Waals surface area contributed by atoms with Crippen LogP contribution in [0.15, 0.2) is 24.4 Å². The summed E-state index contributed by atoms with van der Waals surface area (Å²) >= 11 is 0. The first-order chi connectivity index (χ1) is 6.33. The second-order valence-electron chi connectivity index (χ2n) is 4.29. The predicted molar refractivity (Wildman–Crippen MR) is 50.9 cm³/mol. The molecular weight excluding hydrogens is 160 g/mol. The van der Waals surface area contributed by atoms with Crippen LogP contribution in [0.25, 0.3) is 0 Å². The maximum Gasteiger partial charge on any atom is 0.0647 e. The van der Waals surface area contributed by atoms with Crippen molar-refractivity contribution in [1.82, 2.24) is 4.98 Å². The van der Waals surface area contributed by atoms with Crippen molar-refractivity contribution in [2.75, 3.05) is 0 Å². The van der Waals surface area contributed by atoms with Gasteiger partial charge < -0.3 is 5.73 Å². The van der Waals surface area contributed by atoms with Gasteiger partial charge in [-0.2, -0.15) is 0 Å². The van der Waals surface area contributed by atoms with E-state index in [4.69, 9.17) is 5.73 Å². The second-order valence-corrected chi connectivity index (χ2v) is 4.29. The Labute approximate surface area is 78.2 Å². The minimum Gasteiger partial charge on any atom is -0.320 e. The summed E-state index contributed by atoms with van der Waals surface area (Å²) in [6.07, 6.45) is 5.81. The van der Waals surface area contributed by atoms with Crippen LogP contribution in [-0.4, -0.2) is 4.98 Å². The highest BCUT2D eigenvalue weighted by atomic mass is 15.0. The molecular formula is C11H14N2. The molecule has 2 atom stereocenters. The van der Waals surface area contributed by atoms with Gasteiger partial charge in [0.15, 0.2) is 0 Å². The van der Waals surface area contributed by atoms with Crippen molar-refractivity contribution < 1.29 is 0 Å². The molecule has 0 spiro atoms. The van der Waals surface area contributed by atoms with Gasteiger partial charge >= 0.3 is 0 Å². The third kappa shape index (κ3) is 0.841. The van der Waals surface area contributed by atoms with Crippen molar-refractivity contribution in [2.24, 2.45) is 17.6 Å². The van der Waals surface area contributed by atoms with Crippen molar-refractivity contribution in [3.05, 3.63) is 30.1 Å². The van der Waals surface area contributed by atoms with Crippen molar-refractivity contribution in [3.8, 4) is 0 Å². The molecule has 1 aromatic heterocycles. The number of pyridine rings is 1. The minimum absolute atomic E-state index is 0.0560. The second kappa shape index (κ2) is 2.32. The largest absolute Gasteiger partial charge is 0.320 e. The highest BCUT2D eigenvalue weighted by molar-refractivity contribution is 5.30. The van der Waals surface area contributed by atoms with Gasteiger partial charge in [-0.25, -0.2) is 0 Å². The van der Waals surface area contributed by atoms with E-state index >= 15 is 0 Å². The van der Waals surface area contributed by atoms with Crippen LogP contribution in [0.5, 0.6) is 0 Å². The number of nitrogens with two attached hydrogens (primary N) is 1. The molecule has 2 N–H and O–H groups in total. The maximum absolute atomic E-state index is 6.35. The zero-order valence-electron chi connectivity index (χ0n) is 7.61. The van der Waals surface area contributed by atoms with Gasteiger partial charge in [-0.05, 0) is 36.8 Å².